The first-order valence-electron chi connectivity index (χ1n) is 15.2. The van der Waals surface area contributed by atoms with Crippen LogP contribution in [0.2, 0.25) is 5.02 Å². The number of amides is 2. The predicted molar refractivity (Wildman–Crippen MR) is 184 cm³/mol. The van der Waals surface area contributed by atoms with E-state index in [2.05, 4.69) is 15.2 Å². The number of halogens is 2. The van der Waals surface area contributed by atoms with E-state index in [-0.39, 0.29) is 28.2 Å². The quantitative estimate of drug-likeness (QED) is 0.235. The number of aryl methyl sites for hydroxylation is 1. The Balaban J connectivity index is 1.14. The second-order valence-electron chi connectivity index (χ2n) is 11.8. The van der Waals surface area contributed by atoms with Crippen molar-refractivity contribution in [3.8, 4) is 11.3 Å². The number of hydrogen-bond donors (Lipinski definition) is 2. The third kappa shape index (κ3) is 6.41. The molecule has 2 aromatic heterocycles. The number of esters is 1. The number of aliphatic imine (C=N–C) groups is 1. The first kappa shape index (κ1) is 32.8. The van der Waals surface area contributed by atoms with Crippen molar-refractivity contribution < 1.29 is 28.6 Å². The number of piperazine rings is 1. The molecule has 0 saturated carbocycles. The van der Waals surface area contributed by atoms with Crippen LogP contribution in [0, 0.1) is 12.7 Å². The summed E-state index contributed by atoms with van der Waals surface area (Å²) in [5, 5.41) is 17.7. The lowest BCUT2D eigenvalue weighted by molar-refractivity contribution is -0.136. The number of fused-ring (bicyclic) bond motifs is 1. The fourth-order valence-electron chi connectivity index (χ4n) is 6.34. The van der Waals surface area contributed by atoms with E-state index < -0.39 is 23.8 Å². The van der Waals surface area contributed by atoms with Crippen LogP contribution in [-0.2, 0) is 9.53 Å². The van der Waals surface area contributed by atoms with E-state index in [0.717, 1.165) is 5.56 Å². The third-order valence-electron chi connectivity index (χ3n) is 8.58. The number of carboxylic acid groups (broad SMARTS) is 1. The van der Waals surface area contributed by atoms with Gasteiger partial charge in [0.25, 0.3) is 0 Å². The predicted octanol–water partition coefficient (Wildman–Crippen LogP) is 5.21. The van der Waals surface area contributed by atoms with Crippen molar-refractivity contribution in [2.45, 2.75) is 19.0 Å². The first-order chi connectivity index (χ1) is 23.6. The summed E-state index contributed by atoms with van der Waals surface area (Å²) in [6, 6.07) is 7.87. The van der Waals surface area contributed by atoms with E-state index >= 15 is 0 Å². The number of urea groups is 1. The Bertz CT molecular complexity index is 2030. The van der Waals surface area contributed by atoms with Crippen LogP contribution in [0.5, 0.6) is 0 Å². The van der Waals surface area contributed by atoms with Crippen molar-refractivity contribution in [2.24, 2.45) is 4.99 Å². The molecule has 0 unspecified atom stereocenters. The zero-order chi connectivity index (χ0) is 34.4. The molecule has 2 amide bonds. The van der Waals surface area contributed by atoms with Crippen LogP contribution >= 0.6 is 34.3 Å². The summed E-state index contributed by atoms with van der Waals surface area (Å²) >= 11 is 9.20. The van der Waals surface area contributed by atoms with Gasteiger partial charge >= 0.3 is 18.0 Å². The summed E-state index contributed by atoms with van der Waals surface area (Å²) in [4.78, 5) is 58.1. The number of carboxylic acids is 1. The molecular formula is C33H29ClFN7O5S2. The highest BCUT2D eigenvalue weighted by Gasteiger charge is 2.43. The second kappa shape index (κ2) is 13.3. The number of nitrogens with one attached hydrogen (secondary N) is 1. The number of thiazole rings is 2. The number of carbonyl (C=O) groups is 3. The van der Waals surface area contributed by atoms with Crippen LogP contribution in [0.15, 0.2) is 69.6 Å². The molecular weight excluding hydrogens is 693 g/mol. The van der Waals surface area contributed by atoms with E-state index in [0.29, 0.717) is 71.2 Å². The molecule has 0 radical (unpaired) electrons. The van der Waals surface area contributed by atoms with E-state index in [9.17, 15) is 23.9 Å². The van der Waals surface area contributed by atoms with Crippen LogP contribution in [0.3, 0.4) is 0 Å². The van der Waals surface area contributed by atoms with Gasteiger partial charge in [-0.15, -0.1) is 22.7 Å². The molecule has 0 bridgehead atoms. The molecule has 2 atom stereocenters. The standard InChI is InChI=1S/C33H29ClFN7O5S2/c1-17-9-18(11-19(10-17)30(43)44)25-16-49-32(38-25)42-14-21-13-40(6-7-41(21)33(42)46)15-24-26(31(45)47-2)27(22-4-3-20(35)12-23(22)34)39-28(37-24)29-36-5-8-48-29/h3-5,8-12,16,21,27H,6-7,13-15H2,1-2H3,(H,37,39)(H,43,44)/t21-,27-/m0/s1. The number of nitrogens with zero attached hydrogens (tertiary/aromatic N) is 6. The van der Waals surface area contributed by atoms with Gasteiger partial charge in [0, 0.05) is 65.0 Å². The summed E-state index contributed by atoms with van der Waals surface area (Å²) in [6.07, 6.45) is 1.66. The number of aromatic carboxylic acids is 1. The molecule has 2 N–H and O–H groups in total. The lowest BCUT2D eigenvalue weighted by Crippen LogP contribution is -2.53. The number of hydrogen-bond acceptors (Lipinski definition) is 11. The third-order valence-corrected chi connectivity index (χ3v) is 10.6. The number of ether oxygens (including phenoxy) is 1. The van der Waals surface area contributed by atoms with Gasteiger partial charge in [0.1, 0.15) is 11.9 Å². The van der Waals surface area contributed by atoms with Crippen molar-refractivity contribution in [1.29, 1.82) is 0 Å². The number of amidine groups is 1. The van der Waals surface area contributed by atoms with E-state index in [1.165, 1.54) is 48.0 Å². The smallest absolute Gasteiger partial charge is 0.338 e. The van der Waals surface area contributed by atoms with Crippen LogP contribution in [0.25, 0.3) is 11.3 Å². The summed E-state index contributed by atoms with van der Waals surface area (Å²) in [5.41, 5.74) is 3.50. The van der Waals surface area contributed by atoms with Gasteiger partial charge in [-0.05, 0) is 42.8 Å². The average Bonchev–Trinajstić information content (AvgIpc) is 3.85. The number of aromatic nitrogens is 2. The summed E-state index contributed by atoms with van der Waals surface area (Å²) in [6.45, 7) is 4.06. The topological polar surface area (TPSA) is 141 Å². The van der Waals surface area contributed by atoms with Crippen molar-refractivity contribution in [2.75, 3.05) is 44.7 Å². The number of methoxy groups -OCH3 is 1. The molecule has 2 saturated heterocycles. The van der Waals surface area contributed by atoms with Crippen LogP contribution in [0.1, 0.15) is 32.5 Å². The fraction of sp³-hybridized carbons (Fsp3) is 0.273. The number of carbonyl (C=O) groups excluding carboxylic acids is 2. The molecule has 2 aromatic carbocycles. The van der Waals surface area contributed by atoms with Gasteiger partial charge < -0.3 is 20.1 Å². The normalized spacial score (nSPS) is 19.5. The average molecular weight is 722 g/mol. The Hall–Kier alpha value is -4.70. The van der Waals surface area contributed by atoms with Crippen molar-refractivity contribution in [3.63, 3.8) is 0 Å². The molecule has 5 heterocycles. The monoisotopic (exact) mass is 721 g/mol. The Morgan fingerprint density at radius 2 is 2.00 bits per heavy atom. The van der Waals surface area contributed by atoms with Gasteiger partial charge in [-0.2, -0.15) is 0 Å². The van der Waals surface area contributed by atoms with Gasteiger partial charge in [-0.25, -0.2) is 28.7 Å². The molecule has 0 spiro atoms. The maximum Gasteiger partial charge on any atom is 0.338 e. The maximum atomic E-state index is 14.0. The fourth-order valence-corrected chi connectivity index (χ4v) is 8.04. The number of benzene rings is 2. The van der Waals surface area contributed by atoms with Crippen molar-refractivity contribution in [1.82, 2.24) is 25.1 Å². The Morgan fingerprint density at radius 1 is 1.16 bits per heavy atom. The summed E-state index contributed by atoms with van der Waals surface area (Å²) in [7, 11) is 1.29. The molecule has 252 valence electrons. The molecule has 12 nitrogen and oxygen atoms in total. The van der Waals surface area contributed by atoms with Gasteiger partial charge in [0.2, 0.25) is 0 Å². The van der Waals surface area contributed by atoms with Gasteiger partial charge in [0.15, 0.2) is 16.0 Å². The second-order valence-corrected chi connectivity index (χ2v) is 13.9. The summed E-state index contributed by atoms with van der Waals surface area (Å²) < 4.78 is 19.2. The van der Waals surface area contributed by atoms with E-state index in [1.54, 1.807) is 23.2 Å². The largest absolute Gasteiger partial charge is 0.478 e. The summed E-state index contributed by atoms with van der Waals surface area (Å²) in [5.74, 6) is -1.67. The molecule has 16 heteroatoms. The molecule has 3 aliphatic rings. The minimum absolute atomic E-state index is 0.128. The molecule has 3 aliphatic heterocycles. The minimum Gasteiger partial charge on any atom is -0.478 e. The van der Waals surface area contributed by atoms with E-state index in [1.807, 2.05) is 28.7 Å². The molecule has 2 fully saturated rings. The molecule has 49 heavy (non-hydrogen) atoms. The highest BCUT2D eigenvalue weighted by molar-refractivity contribution is 7.14. The van der Waals surface area contributed by atoms with Crippen molar-refractivity contribution in [3.05, 3.63) is 97.2 Å². The van der Waals surface area contributed by atoms with Gasteiger partial charge in [-0.1, -0.05) is 17.7 Å². The Labute approximate surface area is 293 Å². The molecule has 7 rings (SSSR count). The lowest BCUT2D eigenvalue weighted by atomic mass is 9.95. The molecule has 0 aliphatic carbocycles. The van der Waals surface area contributed by atoms with Gasteiger partial charge in [-0.3, -0.25) is 14.8 Å². The van der Waals surface area contributed by atoms with Crippen molar-refractivity contribution >= 4 is 63.2 Å². The zero-order valence-corrected chi connectivity index (χ0v) is 28.6. The first-order valence-corrected chi connectivity index (χ1v) is 17.4. The SMILES string of the molecule is COC(=O)C1=C(CN2CCN3C(=O)N(c4nc(-c5cc(C)cc(C(=O)O)c5)cs4)C[C@@H]3C2)NC(c2nccs2)=N[C@H]1c1ccc(F)cc1Cl. The molecule has 4 aromatic rings. The Morgan fingerprint density at radius 3 is 2.73 bits per heavy atom. The van der Waals surface area contributed by atoms with Crippen LogP contribution in [0.4, 0.5) is 14.3 Å². The highest BCUT2D eigenvalue weighted by Crippen LogP contribution is 2.38. The zero-order valence-electron chi connectivity index (χ0n) is 26.2. The van der Waals surface area contributed by atoms with Crippen LogP contribution in [-0.4, -0.2) is 94.6 Å². The van der Waals surface area contributed by atoms with Gasteiger partial charge in [0.05, 0.1) is 36.5 Å². The lowest BCUT2D eigenvalue weighted by Gasteiger charge is -2.38. The van der Waals surface area contributed by atoms with E-state index in [4.69, 9.17) is 26.3 Å². The highest BCUT2D eigenvalue weighted by atomic mass is 35.5. The Kier molecular flexibility index (Phi) is 8.92. The van der Waals surface area contributed by atoms with Crippen LogP contribution < -0.4 is 10.2 Å². The number of anilines is 1. The maximum absolute atomic E-state index is 14.0. The number of rotatable bonds is 8. The minimum atomic E-state index is -1.02.